The summed E-state index contributed by atoms with van der Waals surface area (Å²) in [5.41, 5.74) is 8.50. The maximum Gasteiger partial charge on any atom is 0.287 e. The molecule has 6 aromatic rings. The summed E-state index contributed by atoms with van der Waals surface area (Å²) in [6, 6.07) is 32.0. The highest BCUT2D eigenvalue weighted by Crippen LogP contribution is 2.25. The number of carbonyl (C=O) groups excluding carboxylic acids is 6. The first-order valence-electron chi connectivity index (χ1n) is 24.4. The van der Waals surface area contributed by atoms with E-state index in [0.29, 0.717) is 61.5 Å². The number of nitrogens with one attached hydrogen (secondary N) is 3. The molecule has 0 saturated heterocycles. The van der Waals surface area contributed by atoms with Gasteiger partial charge in [0, 0.05) is 97.3 Å². The quantitative estimate of drug-likeness (QED) is 0.0467. The zero-order valence-corrected chi connectivity index (χ0v) is 43.5. The Hall–Kier alpha value is -8.27. The Balaban J connectivity index is 0.000000240. The summed E-state index contributed by atoms with van der Waals surface area (Å²) >= 11 is 0. The molecule has 3 aromatic heterocycles. The molecule has 3 heterocycles. The summed E-state index contributed by atoms with van der Waals surface area (Å²) in [5.74, 6) is -0.258. The molecule has 0 fully saturated rings. The van der Waals surface area contributed by atoms with E-state index in [9.17, 15) is 28.8 Å². The van der Waals surface area contributed by atoms with Crippen molar-refractivity contribution in [3.63, 3.8) is 0 Å². The molecule has 0 aliphatic rings. The zero-order chi connectivity index (χ0) is 53.7. The lowest BCUT2D eigenvalue weighted by molar-refractivity contribution is -0.138. The zero-order valence-electron chi connectivity index (χ0n) is 43.5. The molecule has 74 heavy (non-hydrogen) atoms. The van der Waals surface area contributed by atoms with Gasteiger partial charge in [0.2, 0.25) is 17.3 Å². The summed E-state index contributed by atoms with van der Waals surface area (Å²) in [6.07, 6.45) is 9.72. The molecular formula is C58H68N6O10. The van der Waals surface area contributed by atoms with Crippen LogP contribution in [0, 0.1) is 20.8 Å². The minimum absolute atomic E-state index is 0.197. The van der Waals surface area contributed by atoms with E-state index in [1.54, 1.807) is 65.2 Å². The lowest BCUT2D eigenvalue weighted by atomic mass is 10.1. The molecule has 0 radical (unpaired) electrons. The lowest BCUT2D eigenvalue weighted by Gasteiger charge is -2.11. The van der Waals surface area contributed by atoms with Crippen molar-refractivity contribution in [1.29, 1.82) is 0 Å². The van der Waals surface area contributed by atoms with Crippen LogP contribution in [0.1, 0.15) is 89.0 Å². The van der Waals surface area contributed by atoms with E-state index in [1.165, 1.54) is 0 Å². The van der Waals surface area contributed by atoms with Gasteiger partial charge in [0.1, 0.15) is 23.0 Å². The Kier molecular flexibility index (Phi) is 25.2. The van der Waals surface area contributed by atoms with Gasteiger partial charge in [-0.25, -0.2) is 0 Å². The third-order valence-electron chi connectivity index (χ3n) is 11.4. The van der Waals surface area contributed by atoms with Crippen LogP contribution in [0.3, 0.4) is 0 Å². The number of ether oxygens (including phenoxy) is 4. The monoisotopic (exact) mass is 1010 g/mol. The molecule has 16 nitrogen and oxygen atoms in total. The van der Waals surface area contributed by atoms with Crippen molar-refractivity contribution in [3.8, 4) is 23.0 Å². The first-order chi connectivity index (χ1) is 35.7. The number of nitrogens with zero attached hydrogens (tertiary/aromatic N) is 3. The Morgan fingerprint density at radius 2 is 0.797 bits per heavy atom. The van der Waals surface area contributed by atoms with E-state index in [0.717, 1.165) is 50.5 Å². The second-order valence-electron chi connectivity index (χ2n) is 17.2. The van der Waals surface area contributed by atoms with Gasteiger partial charge in [-0.2, -0.15) is 0 Å². The van der Waals surface area contributed by atoms with E-state index in [1.807, 2.05) is 106 Å². The molecule has 6 rings (SSSR count). The Morgan fingerprint density at radius 1 is 0.419 bits per heavy atom. The number of pyridine rings is 3. The highest BCUT2D eigenvalue weighted by molar-refractivity contribution is 6.36. The first kappa shape index (κ1) is 58.3. The third-order valence-corrected chi connectivity index (χ3v) is 11.4. The molecule has 0 spiro atoms. The standard InChI is InChI=1S/C20H24N2O3.C19H22N2O4.C19H22N2O3/c1-14-7-9-16(19(11-14)25-3)13-22-20(24)18(23)6-4-5-17-10-8-15(2)12-21-17;1-24-16-10-9-14(18(12-16)25-2)13-21-19(23)17(22)8-5-7-15-6-3-4-11-20-15;1-14-9-10-15(18(12-14)24-2)13-21-19(23)17(22)8-5-7-16-6-3-4-11-20-16/h7-12H,4-6,13H2,1-3H3,(H,22,24);3-4,6,9-12H,5,7-8,13H2,1-2H3,(H,21,23);3-4,6,9-12H,5,7-8,13H2,1-2H3,(H,21,23). The van der Waals surface area contributed by atoms with Crippen LogP contribution < -0.4 is 34.9 Å². The fourth-order valence-electron chi connectivity index (χ4n) is 7.18. The molecule has 3 N–H and O–H groups in total. The predicted molar refractivity (Wildman–Crippen MR) is 282 cm³/mol. The summed E-state index contributed by atoms with van der Waals surface area (Å²) in [5, 5.41) is 7.96. The number of hydrogen-bond donors (Lipinski definition) is 3. The normalized spacial score (nSPS) is 10.3. The van der Waals surface area contributed by atoms with Gasteiger partial charge >= 0.3 is 0 Å². The number of rotatable bonds is 25. The molecule has 0 atom stereocenters. The van der Waals surface area contributed by atoms with E-state index in [2.05, 4.69) is 30.9 Å². The fraction of sp³-hybridized carbons (Fsp3) is 0.328. The molecule has 0 aliphatic heterocycles. The number of amides is 3. The average molecular weight is 1010 g/mol. The first-order valence-corrected chi connectivity index (χ1v) is 24.4. The molecule has 16 heteroatoms. The minimum atomic E-state index is -0.584. The Labute approximate surface area is 434 Å². The number of aromatic nitrogens is 3. The van der Waals surface area contributed by atoms with Crippen LogP contribution in [0.15, 0.2) is 122 Å². The largest absolute Gasteiger partial charge is 0.497 e. The minimum Gasteiger partial charge on any atom is -0.497 e. The molecule has 3 amide bonds. The average Bonchev–Trinajstić information content (AvgIpc) is 3.42. The van der Waals surface area contributed by atoms with Crippen LogP contribution in [-0.4, -0.2) is 78.5 Å². The van der Waals surface area contributed by atoms with E-state index >= 15 is 0 Å². The number of hydrogen-bond acceptors (Lipinski definition) is 13. The smallest absolute Gasteiger partial charge is 0.287 e. The van der Waals surface area contributed by atoms with Crippen molar-refractivity contribution in [2.45, 2.75) is 98.2 Å². The van der Waals surface area contributed by atoms with E-state index in [4.69, 9.17) is 18.9 Å². The van der Waals surface area contributed by atoms with Gasteiger partial charge in [-0.1, -0.05) is 42.5 Å². The summed E-state index contributed by atoms with van der Waals surface area (Å²) in [7, 11) is 6.29. The highest BCUT2D eigenvalue weighted by Gasteiger charge is 2.17. The highest BCUT2D eigenvalue weighted by atomic mass is 16.5. The molecule has 0 aliphatic carbocycles. The summed E-state index contributed by atoms with van der Waals surface area (Å²) in [4.78, 5) is 84.3. The van der Waals surface area contributed by atoms with E-state index in [-0.39, 0.29) is 38.9 Å². The van der Waals surface area contributed by atoms with Crippen molar-refractivity contribution in [2.24, 2.45) is 0 Å². The number of ketones is 3. The predicted octanol–water partition coefficient (Wildman–Crippen LogP) is 7.83. The van der Waals surface area contributed by atoms with Gasteiger partial charge in [-0.05, 0) is 131 Å². The van der Waals surface area contributed by atoms with Crippen LogP contribution in [0.25, 0.3) is 0 Å². The number of carbonyl (C=O) groups is 6. The van der Waals surface area contributed by atoms with Crippen molar-refractivity contribution < 1.29 is 47.7 Å². The van der Waals surface area contributed by atoms with Crippen LogP contribution in [-0.2, 0) is 67.7 Å². The van der Waals surface area contributed by atoms with Crippen molar-refractivity contribution >= 4 is 35.1 Å². The van der Waals surface area contributed by atoms with Gasteiger partial charge in [0.25, 0.3) is 17.7 Å². The van der Waals surface area contributed by atoms with Crippen molar-refractivity contribution in [1.82, 2.24) is 30.9 Å². The maximum absolute atomic E-state index is 12.0. The third kappa shape index (κ3) is 20.8. The van der Waals surface area contributed by atoms with Crippen LogP contribution in [0.4, 0.5) is 0 Å². The molecular weight excluding hydrogens is 941 g/mol. The second kappa shape index (κ2) is 31.9. The molecule has 390 valence electrons. The Bertz CT molecular complexity index is 2750. The molecule has 0 unspecified atom stereocenters. The topological polar surface area (TPSA) is 214 Å². The SMILES string of the molecule is COc1cc(C)ccc1CNC(=O)C(=O)CCCc1ccc(C)cn1.COc1cc(C)ccc1CNC(=O)C(=O)CCCc1ccccn1.COc1ccc(CNC(=O)C(=O)CCCc2ccccn2)c(OC)c1. The second-order valence-corrected chi connectivity index (χ2v) is 17.2. The van der Waals surface area contributed by atoms with Gasteiger partial charge in [0.05, 0.1) is 28.4 Å². The number of methoxy groups -OCH3 is 4. The van der Waals surface area contributed by atoms with Crippen LogP contribution in [0.2, 0.25) is 0 Å². The van der Waals surface area contributed by atoms with Gasteiger partial charge < -0.3 is 34.9 Å². The Morgan fingerprint density at radius 3 is 1.15 bits per heavy atom. The van der Waals surface area contributed by atoms with Crippen LogP contribution in [0.5, 0.6) is 23.0 Å². The summed E-state index contributed by atoms with van der Waals surface area (Å²) in [6.45, 7) is 6.68. The van der Waals surface area contributed by atoms with Crippen molar-refractivity contribution in [2.75, 3.05) is 28.4 Å². The maximum atomic E-state index is 12.0. The number of aryl methyl sites for hydroxylation is 6. The summed E-state index contributed by atoms with van der Waals surface area (Å²) < 4.78 is 21.0. The molecule has 3 aromatic carbocycles. The van der Waals surface area contributed by atoms with Crippen molar-refractivity contribution in [3.05, 3.63) is 172 Å². The van der Waals surface area contributed by atoms with Gasteiger partial charge in [-0.3, -0.25) is 43.7 Å². The fourth-order valence-corrected chi connectivity index (χ4v) is 7.18. The molecule has 0 bridgehead atoms. The van der Waals surface area contributed by atoms with Gasteiger partial charge in [-0.15, -0.1) is 0 Å². The lowest BCUT2D eigenvalue weighted by Crippen LogP contribution is -2.30. The number of Topliss-reactive ketones (excluding diaryl/α,β-unsaturated/α-hetero) is 3. The molecule has 0 saturated carbocycles. The number of benzene rings is 3. The van der Waals surface area contributed by atoms with Gasteiger partial charge in [0.15, 0.2) is 0 Å². The van der Waals surface area contributed by atoms with E-state index < -0.39 is 35.1 Å². The van der Waals surface area contributed by atoms with Crippen LogP contribution >= 0.6 is 0 Å².